The minimum Gasteiger partial charge on any atom is -0.381 e. The Kier molecular flexibility index (Phi) is 6.78. The third-order valence-corrected chi connectivity index (χ3v) is 6.56. The molecule has 3 N–H and O–H groups in total. The van der Waals surface area contributed by atoms with Gasteiger partial charge in [0.25, 0.3) is 0 Å². The Morgan fingerprint density at radius 2 is 2.00 bits per heavy atom. The molecular formula is C24H29ClN4O2. The Morgan fingerprint density at radius 1 is 1.19 bits per heavy atom. The first-order valence-electron chi connectivity index (χ1n) is 10.8. The molecule has 0 aromatic heterocycles. The number of amides is 1. The van der Waals surface area contributed by atoms with Gasteiger partial charge in [0.2, 0.25) is 5.91 Å². The average molecular weight is 441 g/mol. The molecular weight excluding hydrogens is 412 g/mol. The van der Waals surface area contributed by atoms with E-state index in [2.05, 4.69) is 39.1 Å². The van der Waals surface area contributed by atoms with Crippen molar-refractivity contribution in [2.75, 3.05) is 38.7 Å². The van der Waals surface area contributed by atoms with Gasteiger partial charge in [0.05, 0.1) is 0 Å². The zero-order chi connectivity index (χ0) is 21.7. The maximum Gasteiger partial charge on any atom is 0.225 e. The monoisotopic (exact) mass is 440 g/mol. The fraction of sp³-hybridized carbons (Fsp3) is 0.417. The second kappa shape index (κ2) is 9.71. The molecule has 1 saturated heterocycles. The molecule has 164 valence electrons. The van der Waals surface area contributed by atoms with Crippen molar-refractivity contribution < 1.29 is 9.53 Å². The summed E-state index contributed by atoms with van der Waals surface area (Å²) < 4.78 is 5.64. The maximum atomic E-state index is 12.1. The Bertz CT molecular complexity index is 956. The lowest BCUT2D eigenvalue weighted by Gasteiger charge is -2.38. The molecule has 1 unspecified atom stereocenters. The van der Waals surface area contributed by atoms with Gasteiger partial charge in [-0.2, -0.15) is 0 Å². The van der Waals surface area contributed by atoms with Crippen LogP contribution in [0, 0.1) is 0 Å². The molecule has 4 rings (SSSR count). The number of rotatable bonds is 5. The molecule has 1 amide bonds. The summed E-state index contributed by atoms with van der Waals surface area (Å²) in [6.07, 6.45) is 2.31. The molecule has 1 fully saturated rings. The second-order valence-electron chi connectivity index (χ2n) is 8.25. The largest absolute Gasteiger partial charge is 0.381 e. The van der Waals surface area contributed by atoms with Gasteiger partial charge < -0.3 is 20.7 Å². The summed E-state index contributed by atoms with van der Waals surface area (Å²) in [7, 11) is 1.77. The number of nitrogens with zero attached hydrogens (tertiary/aromatic N) is 1. The van der Waals surface area contributed by atoms with Crippen LogP contribution in [0.15, 0.2) is 53.5 Å². The summed E-state index contributed by atoms with van der Waals surface area (Å²) in [5, 5.41) is 10.6. The van der Waals surface area contributed by atoms with E-state index in [1.807, 2.05) is 30.3 Å². The molecule has 7 heteroatoms. The second-order valence-corrected chi connectivity index (χ2v) is 8.68. The molecule has 0 aliphatic carbocycles. The molecule has 31 heavy (non-hydrogen) atoms. The van der Waals surface area contributed by atoms with Crippen molar-refractivity contribution in [1.82, 2.24) is 10.6 Å². The highest BCUT2D eigenvalue weighted by Gasteiger charge is 2.35. The fourth-order valence-corrected chi connectivity index (χ4v) is 4.72. The van der Waals surface area contributed by atoms with Crippen molar-refractivity contribution in [3.8, 4) is 0 Å². The molecule has 0 bridgehead atoms. The van der Waals surface area contributed by atoms with Gasteiger partial charge in [-0.05, 0) is 42.2 Å². The summed E-state index contributed by atoms with van der Waals surface area (Å²) >= 11 is 6.28. The van der Waals surface area contributed by atoms with Crippen molar-refractivity contribution in [2.24, 2.45) is 4.99 Å². The van der Waals surface area contributed by atoms with Crippen LogP contribution >= 0.6 is 11.6 Å². The number of fused-ring (bicyclic) bond motifs is 1. The van der Waals surface area contributed by atoms with Gasteiger partial charge >= 0.3 is 0 Å². The van der Waals surface area contributed by atoms with Crippen molar-refractivity contribution in [3.63, 3.8) is 0 Å². The van der Waals surface area contributed by atoms with Crippen molar-refractivity contribution in [1.29, 1.82) is 0 Å². The first-order chi connectivity index (χ1) is 15.1. The van der Waals surface area contributed by atoms with Crippen LogP contribution in [0.1, 0.15) is 36.3 Å². The van der Waals surface area contributed by atoms with Crippen LogP contribution in [0.4, 0.5) is 5.69 Å². The van der Waals surface area contributed by atoms with Crippen LogP contribution in [0.3, 0.4) is 0 Å². The molecule has 0 radical (unpaired) electrons. The quantitative estimate of drug-likeness (QED) is 0.489. The van der Waals surface area contributed by atoms with E-state index in [4.69, 9.17) is 16.3 Å². The van der Waals surface area contributed by atoms with Crippen molar-refractivity contribution in [2.45, 2.75) is 30.6 Å². The molecule has 1 atom stereocenters. The molecule has 2 aromatic carbocycles. The number of hydrogen-bond donors (Lipinski definition) is 3. The van der Waals surface area contributed by atoms with E-state index in [0.29, 0.717) is 13.0 Å². The third kappa shape index (κ3) is 5.02. The number of nitrogens with one attached hydrogen (secondary N) is 3. The number of guanidine groups is 1. The highest BCUT2D eigenvalue weighted by atomic mass is 35.5. The van der Waals surface area contributed by atoms with Crippen LogP contribution in [0.2, 0.25) is 5.02 Å². The van der Waals surface area contributed by atoms with Gasteiger partial charge in [-0.15, -0.1) is 0 Å². The molecule has 6 nitrogen and oxygen atoms in total. The van der Waals surface area contributed by atoms with Crippen LogP contribution in [-0.4, -0.2) is 45.2 Å². The first-order valence-corrected chi connectivity index (χ1v) is 11.1. The predicted molar refractivity (Wildman–Crippen MR) is 125 cm³/mol. The molecule has 2 aliphatic heterocycles. The summed E-state index contributed by atoms with van der Waals surface area (Å²) in [5.74, 6) is 0.889. The molecule has 2 heterocycles. The van der Waals surface area contributed by atoms with Crippen LogP contribution in [0.25, 0.3) is 0 Å². The number of aliphatic imine (C=N–C) groups is 1. The normalized spacial score (nSPS) is 20.5. The number of anilines is 1. The number of carbonyl (C=O) groups excluding carboxylic acids is 1. The van der Waals surface area contributed by atoms with E-state index in [0.717, 1.165) is 54.8 Å². The zero-order valence-corrected chi connectivity index (χ0v) is 18.5. The van der Waals surface area contributed by atoms with Gasteiger partial charge in [0, 0.05) is 61.8 Å². The molecule has 2 aromatic rings. The third-order valence-electron chi connectivity index (χ3n) is 6.33. The Labute approximate surface area is 188 Å². The van der Waals surface area contributed by atoms with E-state index in [-0.39, 0.29) is 17.2 Å². The fourth-order valence-electron chi connectivity index (χ4n) is 4.53. The van der Waals surface area contributed by atoms with E-state index >= 15 is 0 Å². The first kappa shape index (κ1) is 21.7. The lowest BCUT2D eigenvalue weighted by Crippen LogP contribution is -2.48. The number of halogens is 1. The summed E-state index contributed by atoms with van der Waals surface area (Å²) in [4.78, 5) is 16.5. The molecule has 2 aliphatic rings. The van der Waals surface area contributed by atoms with Gasteiger partial charge in [0.15, 0.2) is 5.96 Å². The van der Waals surface area contributed by atoms with E-state index in [9.17, 15) is 4.79 Å². The number of benzene rings is 2. The highest BCUT2D eigenvalue weighted by Crippen LogP contribution is 2.35. The lowest BCUT2D eigenvalue weighted by molar-refractivity contribution is -0.116. The van der Waals surface area contributed by atoms with Gasteiger partial charge in [-0.1, -0.05) is 41.9 Å². The maximum absolute atomic E-state index is 12.1. The number of para-hydroxylation sites is 1. The van der Waals surface area contributed by atoms with Gasteiger partial charge in [0.1, 0.15) is 0 Å². The molecule has 0 saturated carbocycles. The van der Waals surface area contributed by atoms with E-state index in [1.54, 1.807) is 7.05 Å². The minimum atomic E-state index is -0.0574. The predicted octanol–water partition coefficient (Wildman–Crippen LogP) is 3.68. The van der Waals surface area contributed by atoms with E-state index < -0.39 is 0 Å². The van der Waals surface area contributed by atoms with Crippen molar-refractivity contribution in [3.05, 3.63) is 64.7 Å². The average Bonchev–Trinajstić information content (AvgIpc) is 2.79. The van der Waals surface area contributed by atoms with Crippen molar-refractivity contribution >= 4 is 29.2 Å². The van der Waals surface area contributed by atoms with Gasteiger partial charge in [-0.25, -0.2) is 0 Å². The smallest absolute Gasteiger partial charge is 0.225 e. The number of carbonyl (C=O) groups is 1. The topological polar surface area (TPSA) is 74.8 Å². The molecule has 0 spiro atoms. The van der Waals surface area contributed by atoms with E-state index in [1.165, 1.54) is 5.56 Å². The Hall–Kier alpha value is -2.57. The summed E-state index contributed by atoms with van der Waals surface area (Å²) in [5.41, 5.74) is 3.22. The minimum absolute atomic E-state index is 0.0514. The lowest BCUT2D eigenvalue weighted by atomic mass is 9.74. The van der Waals surface area contributed by atoms with Gasteiger partial charge in [-0.3, -0.25) is 9.79 Å². The highest BCUT2D eigenvalue weighted by molar-refractivity contribution is 6.30. The number of hydrogen-bond acceptors (Lipinski definition) is 3. The standard InChI is InChI=1S/C24H29ClN4O2/c1-26-23(27-15-17-13-22(30)29-21-8-3-2-7-20(17)21)28-16-24(9-11-31-12-10-24)18-5-4-6-19(25)14-18/h2-8,14,17H,9-13,15-16H2,1H3,(H,29,30)(H2,26,27,28). The Balaban J connectivity index is 1.43. The Morgan fingerprint density at radius 3 is 2.77 bits per heavy atom. The zero-order valence-electron chi connectivity index (χ0n) is 17.8. The summed E-state index contributed by atoms with van der Waals surface area (Å²) in [6.45, 7) is 2.83. The summed E-state index contributed by atoms with van der Waals surface area (Å²) in [6, 6.07) is 16.1. The van der Waals surface area contributed by atoms with Crippen LogP contribution < -0.4 is 16.0 Å². The van der Waals surface area contributed by atoms with Crippen LogP contribution in [0.5, 0.6) is 0 Å². The van der Waals surface area contributed by atoms with Crippen LogP contribution in [-0.2, 0) is 14.9 Å². The number of ether oxygens (including phenoxy) is 1. The SMILES string of the molecule is CN=C(NCC1CC(=O)Nc2ccccc21)NCC1(c2cccc(Cl)c2)CCOCC1.